The van der Waals surface area contributed by atoms with Gasteiger partial charge in [0.05, 0.1) is 12.7 Å². The van der Waals surface area contributed by atoms with Crippen LogP contribution in [0, 0.1) is 12.8 Å². The number of fused-ring (bicyclic) bond motifs is 1. The van der Waals surface area contributed by atoms with E-state index in [9.17, 15) is 4.79 Å². The molecule has 2 aromatic heterocycles. The molecule has 5 nitrogen and oxygen atoms in total. The van der Waals surface area contributed by atoms with Crippen molar-refractivity contribution in [3.63, 3.8) is 0 Å². The van der Waals surface area contributed by atoms with Gasteiger partial charge in [-0.2, -0.15) is 0 Å². The predicted molar refractivity (Wildman–Crippen MR) is 106 cm³/mol. The second kappa shape index (κ2) is 7.49. The molecule has 132 valence electrons. The summed E-state index contributed by atoms with van der Waals surface area (Å²) in [6, 6.07) is 5.69. The third-order valence-corrected chi connectivity index (χ3v) is 5.63. The van der Waals surface area contributed by atoms with E-state index in [0.29, 0.717) is 22.4 Å². The van der Waals surface area contributed by atoms with Crippen LogP contribution in [0.5, 0.6) is 0 Å². The fraction of sp³-hybridized carbons (Fsp3) is 0.389. The number of anilines is 2. The van der Waals surface area contributed by atoms with Crippen molar-refractivity contribution in [1.29, 1.82) is 0 Å². The van der Waals surface area contributed by atoms with Gasteiger partial charge in [-0.05, 0) is 62.0 Å². The van der Waals surface area contributed by atoms with E-state index in [1.54, 1.807) is 11.3 Å². The van der Waals surface area contributed by atoms with E-state index >= 15 is 0 Å². The first-order valence-corrected chi connectivity index (χ1v) is 9.45. The highest BCUT2D eigenvalue weighted by Crippen LogP contribution is 2.40. The largest absolute Gasteiger partial charge is 0.465 e. The molecule has 2 N–H and O–H groups in total. The number of thiocarbonyl (C=S) groups is 1. The SMILES string of the molecule is COC(=O)c1c(NC(=S)Nc2cccc(C)n2)sc2c1CCC(C)C2. The fourth-order valence-electron chi connectivity index (χ4n) is 3.02. The van der Waals surface area contributed by atoms with Crippen LogP contribution in [-0.4, -0.2) is 23.2 Å². The lowest BCUT2D eigenvalue weighted by Crippen LogP contribution is -2.21. The molecule has 0 aromatic carbocycles. The summed E-state index contributed by atoms with van der Waals surface area (Å²) in [4.78, 5) is 17.9. The Kier molecular flexibility index (Phi) is 5.34. The third-order valence-electron chi connectivity index (χ3n) is 4.26. The van der Waals surface area contributed by atoms with Gasteiger partial charge in [-0.3, -0.25) is 0 Å². The number of aryl methyl sites for hydroxylation is 1. The van der Waals surface area contributed by atoms with Crippen molar-refractivity contribution in [2.24, 2.45) is 5.92 Å². The Hall–Kier alpha value is -1.99. The molecule has 3 rings (SSSR count). The van der Waals surface area contributed by atoms with Crippen molar-refractivity contribution >= 4 is 45.5 Å². The van der Waals surface area contributed by atoms with Crippen LogP contribution in [0.15, 0.2) is 18.2 Å². The van der Waals surface area contributed by atoms with Crippen molar-refractivity contribution in [2.45, 2.75) is 33.1 Å². The smallest absolute Gasteiger partial charge is 0.341 e. The van der Waals surface area contributed by atoms with Gasteiger partial charge in [0.2, 0.25) is 0 Å². The lowest BCUT2D eigenvalue weighted by Gasteiger charge is -2.18. The molecular weight excluding hydrogens is 354 g/mol. The number of carbonyl (C=O) groups excluding carboxylic acids is 1. The summed E-state index contributed by atoms with van der Waals surface area (Å²) >= 11 is 6.99. The molecular formula is C18H21N3O2S2. The Morgan fingerprint density at radius 2 is 2.20 bits per heavy atom. The minimum Gasteiger partial charge on any atom is -0.465 e. The molecule has 25 heavy (non-hydrogen) atoms. The van der Waals surface area contributed by atoms with Gasteiger partial charge < -0.3 is 15.4 Å². The Morgan fingerprint density at radius 3 is 2.92 bits per heavy atom. The van der Waals surface area contributed by atoms with Gasteiger partial charge in [0.15, 0.2) is 5.11 Å². The first kappa shape index (κ1) is 17.8. The van der Waals surface area contributed by atoms with Crippen LogP contribution in [0.4, 0.5) is 10.8 Å². The molecule has 0 saturated heterocycles. The van der Waals surface area contributed by atoms with Crippen LogP contribution in [0.1, 0.15) is 39.8 Å². The molecule has 0 amide bonds. The summed E-state index contributed by atoms with van der Waals surface area (Å²) in [6.07, 6.45) is 2.98. The standard InChI is InChI=1S/C18H21N3O2S2/c1-10-7-8-12-13(9-10)25-16(15(12)17(22)23-3)21-18(24)20-14-6-4-5-11(2)19-14/h4-6,10H,7-9H2,1-3H3,(H2,19,20,21,24). The van der Waals surface area contributed by atoms with Crippen LogP contribution in [0.25, 0.3) is 0 Å². The number of esters is 1. The zero-order valence-corrected chi connectivity index (χ0v) is 16.1. The zero-order chi connectivity index (χ0) is 18.0. The van der Waals surface area contributed by atoms with E-state index in [-0.39, 0.29) is 5.97 Å². The number of nitrogens with zero attached hydrogens (tertiary/aromatic N) is 1. The number of ether oxygens (including phenoxy) is 1. The van der Waals surface area contributed by atoms with Crippen LogP contribution < -0.4 is 10.6 Å². The number of thiophene rings is 1. The van der Waals surface area contributed by atoms with E-state index in [1.165, 1.54) is 12.0 Å². The molecule has 0 saturated carbocycles. The second-order valence-corrected chi connectivity index (χ2v) is 7.80. The molecule has 2 aromatic rings. The maximum atomic E-state index is 12.3. The average molecular weight is 376 g/mol. The summed E-state index contributed by atoms with van der Waals surface area (Å²) in [5, 5.41) is 7.39. The summed E-state index contributed by atoms with van der Waals surface area (Å²) < 4.78 is 5.00. The molecule has 2 heterocycles. The third kappa shape index (κ3) is 3.99. The van der Waals surface area contributed by atoms with Crippen molar-refractivity contribution in [3.05, 3.63) is 39.9 Å². The van der Waals surface area contributed by atoms with Crippen LogP contribution in [0.2, 0.25) is 0 Å². The van der Waals surface area contributed by atoms with E-state index < -0.39 is 0 Å². The van der Waals surface area contributed by atoms with Gasteiger partial charge in [0.1, 0.15) is 10.8 Å². The minimum absolute atomic E-state index is 0.314. The number of pyridine rings is 1. The summed E-state index contributed by atoms with van der Waals surface area (Å²) in [5.41, 5.74) is 2.63. The number of hydrogen-bond acceptors (Lipinski definition) is 5. The van der Waals surface area contributed by atoms with Crippen LogP contribution in [-0.2, 0) is 17.6 Å². The number of nitrogens with one attached hydrogen (secondary N) is 2. The molecule has 0 spiro atoms. The quantitative estimate of drug-likeness (QED) is 0.620. The number of rotatable bonds is 3. The zero-order valence-electron chi connectivity index (χ0n) is 14.5. The predicted octanol–water partition coefficient (Wildman–Crippen LogP) is 4.17. The van der Waals surface area contributed by atoms with Crippen molar-refractivity contribution in [1.82, 2.24) is 4.98 Å². The number of aromatic nitrogens is 1. The molecule has 0 radical (unpaired) electrons. The van der Waals surface area contributed by atoms with Gasteiger partial charge >= 0.3 is 5.97 Å². The van der Waals surface area contributed by atoms with Gasteiger partial charge in [-0.1, -0.05) is 13.0 Å². The Morgan fingerprint density at radius 1 is 1.40 bits per heavy atom. The molecule has 0 bridgehead atoms. The Bertz CT molecular complexity index is 817. The molecule has 1 aliphatic rings. The maximum Gasteiger partial charge on any atom is 0.341 e. The van der Waals surface area contributed by atoms with Gasteiger partial charge in [-0.15, -0.1) is 11.3 Å². The topological polar surface area (TPSA) is 63.2 Å². The molecule has 0 fully saturated rings. The first-order valence-electron chi connectivity index (χ1n) is 8.22. The Balaban J connectivity index is 1.84. The molecule has 0 aliphatic heterocycles. The van der Waals surface area contributed by atoms with E-state index in [1.807, 2.05) is 25.1 Å². The fourth-order valence-corrected chi connectivity index (χ4v) is 4.69. The molecule has 1 atom stereocenters. The van der Waals surface area contributed by atoms with E-state index in [4.69, 9.17) is 17.0 Å². The molecule has 7 heteroatoms. The number of methoxy groups -OCH3 is 1. The summed E-state index contributed by atoms with van der Waals surface area (Å²) in [6.45, 7) is 4.16. The molecule has 1 unspecified atom stereocenters. The highest BCUT2D eigenvalue weighted by molar-refractivity contribution is 7.80. The maximum absolute atomic E-state index is 12.3. The number of carbonyl (C=O) groups is 1. The highest BCUT2D eigenvalue weighted by Gasteiger charge is 2.28. The summed E-state index contributed by atoms with van der Waals surface area (Å²) in [5.74, 6) is 0.990. The summed E-state index contributed by atoms with van der Waals surface area (Å²) in [7, 11) is 1.41. The highest BCUT2D eigenvalue weighted by atomic mass is 32.1. The van der Waals surface area contributed by atoms with Crippen molar-refractivity contribution < 1.29 is 9.53 Å². The van der Waals surface area contributed by atoms with Gasteiger partial charge in [0, 0.05) is 10.6 Å². The van der Waals surface area contributed by atoms with E-state index in [0.717, 1.165) is 35.5 Å². The minimum atomic E-state index is -0.314. The Labute approximate surface area is 156 Å². The number of hydrogen-bond donors (Lipinski definition) is 2. The lowest BCUT2D eigenvalue weighted by molar-refractivity contribution is 0.0601. The first-order chi connectivity index (χ1) is 12.0. The average Bonchev–Trinajstić information content (AvgIpc) is 2.90. The normalized spacial score (nSPS) is 16.0. The van der Waals surface area contributed by atoms with Crippen molar-refractivity contribution in [3.8, 4) is 0 Å². The van der Waals surface area contributed by atoms with Crippen molar-refractivity contribution in [2.75, 3.05) is 17.7 Å². The molecule has 1 aliphatic carbocycles. The monoisotopic (exact) mass is 375 g/mol. The van der Waals surface area contributed by atoms with Gasteiger partial charge in [0.25, 0.3) is 0 Å². The second-order valence-electron chi connectivity index (χ2n) is 6.29. The lowest BCUT2D eigenvalue weighted by atomic mass is 9.88. The van der Waals surface area contributed by atoms with Crippen LogP contribution in [0.3, 0.4) is 0 Å². The van der Waals surface area contributed by atoms with E-state index in [2.05, 4.69) is 22.5 Å². The van der Waals surface area contributed by atoms with Crippen LogP contribution >= 0.6 is 23.6 Å². The van der Waals surface area contributed by atoms with Gasteiger partial charge in [-0.25, -0.2) is 9.78 Å².